The van der Waals surface area contributed by atoms with Crippen molar-refractivity contribution >= 4 is 5.91 Å². The van der Waals surface area contributed by atoms with Crippen LogP contribution < -0.4 is 4.74 Å². The zero-order chi connectivity index (χ0) is 23.8. The summed E-state index contributed by atoms with van der Waals surface area (Å²) in [7, 11) is 0. The number of rotatable bonds is 9. The molecule has 1 aliphatic carbocycles. The molecule has 184 valence electrons. The molecule has 2 aliphatic rings. The van der Waals surface area contributed by atoms with E-state index < -0.39 is 0 Å². The van der Waals surface area contributed by atoms with Gasteiger partial charge in [0.05, 0.1) is 0 Å². The number of nitrogens with zero attached hydrogens (tertiary/aromatic N) is 2. The number of para-hydroxylation sites is 1. The molecule has 4 rings (SSSR count). The number of benzene rings is 2. The predicted molar refractivity (Wildman–Crippen MR) is 139 cm³/mol. The first-order chi connectivity index (χ1) is 16.6. The van der Waals surface area contributed by atoms with Gasteiger partial charge in [-0.25, -0.2) is 0 Å². The molecule has 2 fully saturated rings. The fraction of sp³-hybridized carbons (Fsp3) is 0.567. The van der Waals surface area contributed by atoms with Gasteiger partial charge in [-0.1, -0.05) is 56.5 Å². The Morgan fingerprint density at radius 1 is 0.941 bits per heavy atom. The number of likely N-dealkylation sites (N-methyl/N-ethyl adjacent to an activating group) is 1. The molecule has 4 heteroatoms. The smallest absolute Gasteiger partial charge is 0.225 e. The minimum Gasteiger partial charge on any atom is -0.457 e. The first kappa shape index (κ1) is 24.8. The Morgan fingerprint density at radius 3 is 2.24 bits per heavy atom. The van der Waals surface area contributed by atoms with Gasteiger partial charge >= 0.3 is 0 Å². The normalized spacial score (nSPS) is 18.7. The largest absolute Gasteiger partial charge is 0.457 e. The van der Waals surface area contributed by atoms with Gasteiger partial charge in [0.15, 0.2) is 0 Å². The molecule has 1 saturated carbocycles. The van der Waals surface area contributed by atoms with Gasteiger partial charge in [0.25, 0.3) is 0 Å². The topological polar surface area (TPSA) is 32.8 Å². The number of carbonyl (C=O) groups is 1. The number of likely N-dealkylation sites (tertiary alicyclic amines) is 1. The highest BCUT2D eigenvalue weighted by atomic mass is 16.5. The second kappa shape index (κ2) is 12.4. The van der Waals surface area contributed by atoms with Crippen molar-refractivity contribution in [3.63, 3.8) is 0 Å². The molecule has 1 unspecified atom stereocenters. The van der Waals surface area contributed by atoms with Crippen LogP contribution in [0.2, 0.25) is 0 Å². The van der Waals surface area contributed by atoms with Crippen LogP contribution in [0.3, 0.4) is 0 Å². The average molecular weight is 463 g/mol. The molecule has 2 aromatic rings. The molecular weight excluding hydrogens is 420 g/mol. The van der Waals surface area contributed by atoms with Crippen LogP contribution in [0.5, 0.6) is 11.5 Å². The summed E-state index contributed by atoms with van der Waals surface area (Å²) in [5, 5.41) is 0. The Balaban J connectivity index is 1.23. The summed E-state index contributed by atoms with van der Waals surface area (Å²) >= 11 is 0. The van der Waals surface area contributed by atoms with E-state index in [2.05, 4.69) is 47.9 Å². The molecular formula is C30H42N2O2. The maximum atomic E-state index is 12.9. The van der Waals surface area contributed by atoms with E-state index in [-0.39, 0.29) is 0 Å². The van der Waals surface area contributed by atoms with Crippen molar-refractivity contribution in [2.75, 3.05) is 26.2 Å². The van der Waals surface area contributed by atoms with Crippen molar-refractivity contribution in [2.45, 2.75) is 71.3 Å². The van der Waals surface area contributed by atoms with Crippen molar-refractivity contribution in [3.05, 3.63) is 60.2 Å². The summed E-state index contributed by atoms with van der Waals surface area (Å²) in [5.74, 6) is 3.19. The SMILES string of the molecule is CCN(CC1CCN(C(=O)C2CCCCC2)CC1)C(C)Cc1ccc(Oc2ccccc2)cc1. The Morgan fingerprint density at radius 2 is 1.59 bits per heavy atom. The van der Waals surface area contributed by atoms with Crippen LogP contribution in [-0.4, -0.2) is 47.9 Å². The lowest BCUT2D eigenvalue weighted by molar-refractivity contribution is -0.138. The second-order valence-corrected chi connectivity index (χ2v) is 10.3. The van der Waals surface area contributed by atoms with Crippen LogP contribution in [0.25, 0.3) is 0 Å². The summed E-state index contributed by atoms with van der Waals surface area (Å²) in [4.78, 5) is 17.7. The predicted octanol–water partition coefficient (Wildman–Crippen LogP) is 6.55. The van der Waals surface area contributed by atoms with Crippen LogP contribution in [0.1, 0.15) is 64.4 Å². The van der Waals surface area contributed by atoms with Crippen LogP contribution >= 0.6 is 0 Å². The third-order valence-corrected chi connectivity index (χ3v) is 7.84. The molecule has 0 radical (unpaired) electrons. The van der Waals surface area contributed by atoms with Gasteiger partial charge in [-0.05, 0) is 81.3 Å². The van der Waals surface area contributed by atoms with E-state index in [0.717, 1.165) is 69.8 Å². The molecule has 0 N–H and O–H groups in total. The van der Waals surface area contributed by atoms with E-state index in [0.29, 0.717) is 23.8 Å². The zero-order valence-corrected chi connectivity index (χ0v) is 21.1. The molecule has 34 heavy (non-hydrogen) atoms. The van der Waals surface area contributed by atoms with E-state index in [1.54, 1.807) is 0 Å². The first-order valence-electron chi connectivity index (χ1n) is 13.5. The Kier molecular flexibility index (Phi) is 9.04. The Labute approximate surface area is 206 Å². The van der Waals surface area contributed by atoms with E-state index in [4.69, 9.17) is 4.74 Å². The van der Waals surface area contributed by atoms with Gasteiger partial charge in [-0.2, -0.15) is 0 Å². The number of hydrogen-bond donors (Lipinski definition) is 0. The van der Waals surface area contributed by atoms with Crippen molar-refractivity contribution in [2.24, 2.45) is 11.8 Å². The van der Waals surface area contributed by atoms with Gasteiger partial charge in [0.1, 0.15) is 11.5 Å². The van der Waals surface area contributed by atoms with Crippen molar-refractivity contribution in [3.8, 4) is 11.5 Å². The monoisotopic (exact) mass is 462 g/mol. The highest BCUT2D eigenvalue weighted by molar-refractivity contribution is 5.79. The lowest BCUT2D eigenvalue weighted by atomic mass is 9.87. The lowest BCUT2D eigenvalue weighted by Gasteiger charge is -2.38. The van der Waals surface area contributed by atoms with Crippen molar-refractivity contribution in [1.29, 1.82) is 0 Å². The highest BCUT2D eigenvalue weighted by Crippen LogP contribution is 2.28. The highest BCUT2D eigenvalue weighted by Gasteiger charge is 2.30. The third-order valence-electron chi connectivity index (χ3n) is 7.84. The standard InChI is InChI=1S/C30H42N2O2/c1-3-31(23-26-18-20-32(21-19-26)30(33)27-10-6-4-7-11-27)24(2)22-25-14-16-29(17-15-25)34-28-12-8-5-9-13-28/h5,8-9,12-17,24,26-27H,3-4,6-7,10-11,18-23H2,1-2H3. The minimum atomic E-state index is 0.307. The van der Waals surface area contributed by atoms with Crippen LogP contribution in [0, 0.1) is 11.8 Å². The van der Waals surface area contributed by atoms with Crippen molar-refractivity contribution < 1.29 is 9.53 Å². The molecule has 1 atom stereocenters. The quantitative estimate of drug-likeness (QED) is 0.423. The van der Waals surface area contributed by atoms with Gasteiger partial charge < -0.3 is 14.5 Å². The van der Waals surface area contributed by atoms with E-state index in [1.807, 2.05) is 30.3 Å². The minimum absolute atomic E-state index is 0.307. The first-order valence-corrected chi connectivity index (χ1v) is 13.5. The number of carbonyl (C=O) groups excluding carboxylic acids is 1. The third kappa shape index (κ3) is 6.85. The molecule has 0 bridgehead atoms. The number of hydrogen-bond acceptors (Lipinski definition) is 3. The molecule has 4 nitrogen and oxygen atoms in total. The maximum absolute atomic E-state index is 12.9. The average Bonchev–Trinajstić information content (AvgIpc) is 2.89. The molecule has 2 aromatic carbocycles. The summed E-state index contributed by atoms with van der Waals surface area (Å²) in [6.45, 7) is 8.73. The number of ether oxygens (including phenoxy) is 1. The summed E-state index contributed by atoms with van der Waals surface area (Å²) in [5.41, 5.74) is 1.35. The molecule has 1 heterocycles. The molecule has 1 aliphatic heterocycles. The van der Waals surface area contributed by atoms with E-state index >= 15 is 0 Å². The van der Waals surface area contributed by atoms with Gasteiger partial charge in [0, 0.05) is 31.6 Å². The van der Waals surface area contributed by atoms with Gasteiger partial charge in [-0.15, -0.1) is 0 Å². The van der Waals surface area contributed by atoms with Crippen molar-refractivity contribution in [1.82, 2.24) is 9.80 Å². The maximum Gasteiger partial charge on any atom is 0.225 e. The fourth-order valence-corrected chi connectivity index (χ4v) is 5.68. The van der Waals surface area contributed by atoms with Crippen LogP contribution in [0.4, 0.5) is 0 Å². The van der Waals surface area contributed by atoms with E-state index in [9.17, 15) is 4.79 Å². The van der Waals surface area contributed by atoms with Crippen LogP contribution in [-0.2, 0) is 11.2 Å². The molecule has 1 saturated heterocycles. The van der Waals surface area contributed by atoms with Crippen LogP contribution in [0.15, 0.2) is 54.6 Å². The Bertz CT molecular complexity index is 868. The number of amides is 1. The zero-order valence-electron chi connectivity index (χ0n) is 21.1. The second-order valence-electron chi connectivity index (χ2n) is 10.3. The molecule has 0 aromatic heterocycles. The summed E-state index contributed by atoms with van der Waals surface area (Å²) < 4.78 is 5.93. The summed E-state index contributed by atoms with van der Waals surface area (Å²) in [6, 6.07) is 19.0. The fourth-order valence-electron chi connectivity index (χ4n) is 5.68. The lowest BCUT2D eigenvalue weighted by Crippen LogP contribution is -2.45. The van der Waals surface area contributed by atoms with E-state index in [1.165, 1.54) is 24.8 Å². The summed E-state index contributed by atoms with van der Waals surface area (Å²) in [6.07, 6.45) is 9.33. The molecule has 0 spiro atoms. The number of piperidine rings is 1. The van der Waals surface area contributed by atoms with Gasteiger partial charge in [-0.3, -0.25) is 4.79 Å². The molecule has 1 amide bonds. The Hall–Kier alpha value is -2.33. The van der Waals surface area contributed by atoms with Gasteiger partial charge in [0.2, 0.25) is 5.91 Å².